The highest BCUT2D eigenvalue weighted by atomic mass is 32.2. The van der Waals surface area contributed by atoms with Gasteiger partial charge in [-0.05, 0) is 31.2 Å². The Morgan fingerprint density at radius 2 is 1.94 bits per heavy atom. The molecule has 100 valence electrons. The average Bonchev–Trinajstić information content (AvgIpc) is 2.33. The lowest BCUT2D eigenvalue weighted by molar-refractivity contribution is 0.344. The Kier molecular flexibility index (Phi) is 6.29. The first-order valence-electron chi connectivity index (χ1n) is 5.66. The van der Waals surface area contributed by atoms with Crippen molar-refractivity contribution in [2.45, 2.75) is 11.8 Å². The molecule has 0 spiro atoms. The Labute approximate surface area is 113 Å². The van der Waals surface area contributed by atoms with E-state index in [0.717, 1.165) is 11.5 Å². The second kappa shape index (κ2) is 7.48. The Morgan fingerprint density at radius 1 is 1.28 bits per heavy atom. The molecular weight excluding hydrogens is 268 g/mol. The lowest BCUT2D eigenvalue weighted by Gasteiger charge is -2.06. The fourth-order valence-corrected chi connectivity index (χ4v) is 2.58. The summed E-state index contributed by atoms with van der Waals surface area (Å²) in [5.41, 5.74) is 0. The first kappa shape index (κ1) is 15.1. The van der Waals surface area contributed by atoms with Crippen LogP contribution in [0.2, 0.25) is 0 Å². The molecule has 0 fully saturated rings. The van der Waals surface area contributed by atoms with Crippen LogP contribution in [-0.4, -0.2) is 32.8 Å². The molecule has 0 radical (unpaired) electrons. The van der Waals surface area contributed by atoms with Gasteiger partial charge in [0.05, 0.1) is 11.5 Å². The Bertz CT molecular complexity index is 475. The molecule has 0 atom stereocenters. The van der Waals surface area contributed by atoms with Crippen molar-refractivity contribution in [3.63, 3.8) is 0 Å². The lowest BCUT2D eigenvalue weighted by Crippen LogP contribution is -2.01. The molecule has 0 saturated carbocycles. The quantitative estimate of drug-likeness (QED) is 0.571. The highest BCUT2D eigenvalue weighted by Gasteiger charge is 2.06. The summed E-state index contributed by atoms with van der Waals surface area (Å²) in [6.07, 6.45) is 5.32. The van der Waals surface area contributed by atoms with Gasteiger partial charge in [0.25, 0.3) is 0 Å². The van der Waals surface area contributed by atoms with E-state index in [-0.39, 0.29) is 0 Å². The van der Waals surface area contributed by atoms with E-state index in [1.165, 1.54) is 6.26 Å². The molecule has 5 heteroatoms. The summed E-state index contributed by atoms with van der Waals surface area (Å²) in [6.45, 7) is 2.63. The van der Waals surface area contributed by atoms with E-state index >= 15 is 0 Å². The summed E-state index contributed by atoms with van der Waals surface area (Å²) >= 11 is 1.80. The summed E-state index contributed by atoms with van der Waals surface area (Å²) in [7, 11) is -3.12. The molecule has 0 unspecified atom stereocenters. The molecule has 1 rings (SSSR count). The predicted molar refractivity (Wildman–Crippen MR) is 77.2 cm³/mol. The minimum absolute atomic E-state index is 0.317. The predicted octanol–water partition coefficient (Wildman–Crippen LogP) is 2.78. The first-order valence-corrected chi connectivity index (χ1v) is 8.70. The maximum Gasteiger partial charge on any atom is 0.175 e. The zero-order valence-corrected chi connectivity index (χ0v) is 12.3. The van der Waals surface area contributed by atoms with Crippen LogP contribution < -0.4 is 4.74 Å². The van der Waals surface area contributed by atoms with E-state index in [9.17, 15) is 8.42 Å². The average molecular weight is 286 g/mol. The Hall–Kier alpha value is -0.940. The third-order valence-corrected chi connectivity index (χ3v) is 4.21. The van der Waals surface area contributed by atoms with Crippen molar-refractivity contribution in [3.05, 3.63) is 36.4 Å². The number of thioether (sulfide) groups is 1. The third kappa shape index (κ3) is 5.60. The van der Waals surface area contributed by atoms with Gasteiger partial charge in [0.2, 0.25) is 0 Å². The molecule has 0 aliphatic heterocycles. The number of benzene rings is 1. The van der Waals surface area contributed by atoms with Crippen LogP contribution >= 0.6 is 11.8 Å². The van der Waals surface area contributed by atoms with Gasteiger partial charge >= 0.3 is 0 Å². The van der Waals surface area contributed by atoms with Crippen molar-refractivity contribution >= 4 is 21.6 Å². The molecule has 0 aliphatic rings. The van der Waals surface area contributed by atoms with Gasteiger partial charge in [0.1, 0.15) is 5.75 Å². The molecule has 0 saturated heterocycles. The smallest absolute Gasteiger partial charge is 0.175 e. The number of ether oxygens (including phenoxy) is 1. The molecule has 0 amide bonds. The normalized spacial score (nSPS) is 11.9. The van der Waals surface area contributed by atoms with Crippen molar-refractivity contribution in [3.8, 4) is 5.75 Å². The highest BCUT2D eigenvalue weighted by Crippen LogP contribution is 2.16. The van der Waals surface area contributed by atoms with Gasteiger partial charge < -0.3 is 4.74 Å². The largest absolute Gasteiger partial charge is 0.493 e. The summed E-state index contributed by atoms with van der Waals surface area (Å²) in [5, 5.41) is 0. The molecule has 18 heavy (non-hydrogen) atoms. The van der Waals surface area contributed by atoms with Gasteiger partial charge in [-0.3, -0.25) is 0 Å². The van der Waals surface area contributed by atoms with Crippen LogP contribution in [0.1, 0.15) is 6.92 Å². The standard InChI is InChI=1S/C13H18O3S2/c1-3-4-10-17-11-9-16-12-5-7-13(8-6-12)18(2,14)15/h3-8H,9-11H2,1-2H3/b4-3+. The fraction of sp³-hybridized carbons (Fsp3) is 0.385. The monoisotopic (exact) mass is 286 g/mol. The molecule has 0 aliphatic carbocycles. The van der Waals surface area contributed by atoms with Gasteiger partial charge in [0, 0.05) is 17.8 Å². The van der Waals surface area contributed by atoms with Crippen molar-refractivity contribution in [2.75, 3.05) is 24.4 Å². The zero-order valence-electron chi connectivity index (χ0n) is 10.6. The summed E-state index contributed by atoms with van der Waals surface area (Å²) in [4.78, 5) is 0.317. The molecular formula is C13H18O3S2. The molecule has 0 heterocycles. The summed E-state index contributed by atoms with van der Waals surface area (Å²) in [6, 6.07) is 6.51. The van der Waals surface area contributed by atoms with Crippen molar-refractivity contribution < 1.29 is 13.2 Å². The van der Waals surface area contributed by atoms with E-state index in [0.29, 0.717) is 17.3 Å². The van der Waals surface area contributed by atoms with Gasteiger partial charge in [-0.25, -0.2) is 8.42 Å². The van der Waals surface area contributed by atoms with Gasteiger partial charge in [-0.2, -0.15) is 11.8 Å². The van der Waals surface area contributed by atoms with Crippen molar-refractivity contribution in [1.29, 1.82) is 0 Å². The van der Waals surface area contributed by atoms with Gasteiger partial charge in [0.15, 0.2) is 9.84 Å². The molecule has 0 N–H and O–H groups in total. The maximum absolute atomic E-state index is 11.3. The molecule has 1 aromatic rings. The third-order valence-electron chi connectivity index (χ3n) is 2.20. The number of sulfone groups is 1. The first-order chi connectivity index (χ1) is 8.54. The van der Waals surface area contributed by atoms with Crippen LogP contribution in [0, 0.1) is 0 Å². The van der Waals surface area contributed by atoms with Gasteiger partial charge in [-0.1, -0.05) is 12.2 Å². The van der Waals surface area contributed by atoms with E-state index in [1.54, 1.807) is 36.0 Å². The number of allylic oxidation sites excluding steroid dienone is 1. The van der Waals surface area contributed by atoms with E-state index in [4.69, 9.17) is 4.74 Å². The minimum atomic E-state index is -3.12. The molecule has 3 nitrogen and oxygen atoms in total. The summed E-state index contributed by atoms with van der Waals surface area (Å²) < 4.78 is 28.0. The summed E-state index contributed by atoms with van der Waals surface area (Å²) in [5.74, 6) is 2.61. The van der Waals surface area contributed by atoms with Gasteiger partial charge in [-0.15, -0.1) is 0 Å². The molecule has 0 aromatic heterocycles. The molecule has 0 bridgehead atoms. The second-order valence-electron chi connectivity index (χ2n) is 3.74. The Morgan fingerprint density at radius 3 is 2.50 bits per heavy atom. The number of hydrogen-bond acceptors (Lipinski definition) is 4. The SMILES string of the molecule is C/C=C/CSCCOc1ccc(S(C)(=O)=O)cc1. The van der Waals surface area contributed by atoms with E-state index in [2.05, 4.69) is 6.08 Å². The minimum Gasteiger partial charge on any atom is -0.493 e. The topological polar surface area (TPSA) is 43.4 Å². The van der Waals surface area contributed by atoms with Crippen LogP contribution in [0.15, 0.2) is 41.3 Å². The number of hydrogen-bond donors (Lipinski definition) is 0. The maximum atomic E-state index is 11.3. The van der Waals surface area contributed by atoms with Crippen molar-refractivity contribution in [2.24, 2.45) is 0 Å². The van der Waals surface area contributed by atoms with Crippen LogP contribution in [0.5, 0.6) is 5.75 Å². The number of rotatable bonds is 7. The van der Waals surface area contributed by atoms with Crippen molar-refractivity contribution in [1.82, 2.24) is 0 Å². The fourth-order valence-electron chi connectivity index (χ4n) is 1.25. The van der Waals surface area contributed by atoms with Crippen LogP contribution in [0.4, 0.5) is 0 Å². The second-order valence-corrected chi connectivity index (χ2v) is 6.90. The van der Waals surface area contributed by atoms with Crippen LogP contribution in [0.3, 0.4) is 0 Å². The molecule has 1 aromatic carbocycles. The van der Waals surface area contributed by atoms with E-state index < -0.39 is 9.84 Å². The highest BCUT2D eigenvalue weighted by molar-refractivity contribution is 7.99. The van der Waals surface area contributed by atoms with Crippen LogP contribution in [0.25, 0.3) is 0 Å². The lowest BCUT2D eigenvalue weighted by atomic mass is 10.3. The van der Waals surface area contributed by atoms with E-state index in [1.807, 2.05) is 13.0 Å². The Balaban J connectivity index is 2.36. The zero-order chi connectivity index (χ0) is 13.4. The van der Waals surface area contributed by atoms with Crippen LogP contribution in [-0.2, 0) is 9.84 Å².